The summed E-state index contributed by atoms with van der Waals surface area (Å²) in [5.41, 5.74) is 6.78. The topological polar surface area (TPSA) is 64.4 Å². The zero-order valence-electron chi connectivity index (χ0n) is 11.5. The zero-order valence-corrected chi connectivity index (χ0v) is 12.3. The quantitative estimate of drug-likeness (QED) is 0.754. The highest BCUT2D eigenvalue weighted by atomic mass is 35.5. The molecule has 4 nitrogen and oxygen atoms in total. The van der Waals surface area contributed by atoms with Crippen molar-refractivity contribution in [2.24, 2.45) is 5.73 Å². The van der Waals surface area contributed by atoms with E-state index in [4.69, 9.17) is 10.5 Å². The number of benzene rings is 1. The summed E-state index contributed by atoms with van der Waals surface area (Å²) in [7, 11) is 0. The first kappa shape index (κ1) is 17.7. The number of carbonyl (C=O) groups excluding carboxylic acids is 1. The minimum Gasteiger partial charge on any atom is -0.491 e. The third-order valence-electron chi connectivity index (χ3n) is 2.69. The molecular weight excluding hydrogens is 264 g/mol. The first-order chi connectivity index (χ1) is 8.65. The molecule has 0 radical (unpaired) electrons. The maximum absolute atomic E-state index is 11.5. The van der Waals surface area contributed by atoms with Crippen LogP contribution in [0.2, 0.25) is 0 Å². The lowest BCUT2D eigenvalue weighted by molar-refractivity contribution is -0.122. The van der Waals surface area contributed by atoms with Crippen LogP contribution < -0.4 is 15.8 Å². The minimum atomic E-state index is -0.409. The number of amides is 1. The van der Waals surface area contributed by atoms with Crippen molar-refractivity contribution >= 4 is 18.3 Å². The van der Waals surface area contributed by atoms with Gasteiger partial charge in [0.05, 0.1) is 12.6 Å². The molecule has 1 rings (SSSR count). The first-order valence-electron chi connectivity index (χ1n) is 6.37. The third-order valence-corrected chi connectivity index (χ3v) is 2.69. The second-order valence-corrected chi connectivity index (χ2v) is 4.30. The highest BCUT2D eigenvalue weighted by Crippen LogP contribution is 2.15. The fourth-order valence-electron chi connectivity index (χ4n) is 1.63. The van der Waals surface area contributed by atoms with Crippen LogP contribution in [0, 0.1) is 6.92 Å². The molecule has 0 heterocycles. The van der Waals surface area contributed by atoms with Gasteiger partial charge < -0.3 is 15.8 Å². The van der Waals surface area contributed by atoms with Crippen LogP contribution >= 0.6 is 12.4 Å². The van der Waals surface area contributed by atoms with E-state index in [1.165, 1.54) is 0 Å². The van der Waals surface area contributed by atoms with Crippen molar-refractivity contribution in [3.63, 3.8) is 0 Å². The van der Waals surface area contributed by atoms with Crippen molar-refractivity contribution in [1.29, 1.82) is 0 Å². The van der Waals surface area contributed by atoms with Gasteiger partial charge >= 0.3 is 0 Å². The van der Waals surface area contributed by atoms with E-state index < -0.39 is 6.04 Å². The molecule has 0 bridgehead atoms. The molecule has 5 heteroatoms. The van der Waals surface area contributed by atoms with Crippen LogP contribution in [-0.2, 0) is 4.79 Å². The van der Waals surface area contributed by atoms with Gasteiger partial charge in [-0.25, -0.2) is 0 Å². The van der Waals surface area contributed by atoms with Crippen molar-refractivity contribution in [3.8, 4) is 5.75 Å². The molecule has 3 N–H and O–H groups in total. The standard InChI is InChI=1S/C14H22N2O2.ClH/c1-3-6-12(15)14(17)16-9-10-18-13-8-5-4-7-11(13)2;/h4-5,7-8,12H,3,6,9-10,15H2,1-2H3,(H,16,17);1H. The molecule has 0 saturated heterocycles. The molecule has 1 atom stereocenters. The first-order valence-corrected chi connectivity index (χ1v) is 6.37. The molecule has 108 valence electrons. The van der Waals surface area contributed by atoms with Gasteiger partial charge in [-0.2, -0.15) is 0 Å². The number of rotatable bonds is 7. The molecule has 0 spiro atoms. The van der Waals surface area contributed by atoms with Crippen LogP contribution in [0.25, 0.3) is 0 Å². The van der Waals surface area contributed by atoms with E-state index in [1.54, 1.807) is 0 Å². The number of carbonyl (C=O) groups is 1. The predicted molar refractivity (Wildman–Crippen MR) is 79.8 cm³/mol. The number of hydrogen-bond donors (Lipinski definition) is 2. The number of halogens is 1. The Hall–Kier alpha value is -1.26. The molecule has 0 fully saturated rings. The number of aryl methyl sites for hydroxylation is 1. The Morgan fingerprint density at radius 1 is 1.42 bits per heavy atom. The van der Waals surface area contributed by atoms with Gasteiger partial charge in [0.1, 0.15) is 12.4 Å². The van der Waals surface area contributed by atoms with Crippen LogP contribution in [-0.4, -0.2) is 25.1 Å². The summed E-state index contributed by atoms with van der Waals surface area (Å²) >= 11 is 0. The van der Waals surface area contributed by atoms with E-state index >= 15 is 0 Å². The van der Waals surface area contributed by atoms with Gasteiger partial charge in [0.15, 0.2) is 0 Å². The van der Waals surface area contributed by atoms with Crippen LogP contribution in [0.4, 0.5) is 0 Å². The molecule has 1 amide bonds. The van der Waals surface area contributed by atoms with E-state index in [9.17, 15) is 4.79 Å². The van der Waals surface area contributed by atoms with Crippen LogP contribution in [0.15, 0.2) is 24.3 Å². The second-order valence-electron chi connectivity index (χ2n) is 4.30. The number of nitrogens with one attached hydrogen (secondary N) is 1. The van der Waals surface area contributed by atoms with Crippen molar-refractivity contribution in [2.75, 3.05) is 13.2 Å². The van der Waals surface area contributed by atoms with E-state index in [0.29, 0.717) is 19.6 Å². The van der Waals surface area contributed by atoms with Crippen LogP contribution in [0.3, 0.4) is 0 Å². The number of ether oxygens (including phenoxy) is 1. The lowest BCUT2D eigenvalue weighted by Gasteiger charge is -2.12. The Labute approximate surface area is 121 Å². The Morgan fingerprint density at radius 3 is 2.74 bits per heavy atom. The highest BCUT2D eigenvalue weighted by Gasteiger charge is 2.10. The maximum Gasteiger partial charge on any atom is 0.237 e. The number of para-hydroxylation sites is 1. The Bertz CT molecular complexity index is 385. The lowest BCUT2D eigenvalue weighted by Crippen LogP contribution is -2.41. The maximum atomic E-state index is 11.5. The fourth-order valence-corrected chi connectivity index (χ4v) is 1.63. The summed E-state index contributed by atoms with van der Waals surface area (Å²) in [6.45, 7) is 4.93. The average molecular weight is 287 g/mol. The third kappa shape index (κ3) is 6.45. The van der Waals surface area contributed by atoms with Gasteiger partial charge in [-0.1, -0.05) is 31.5 Å². The van der Waals surface area contributed by atoms with E-state index in [2.05, 4.69) is 5.32 Å². The van der Waals surface area contributed by atoms with Crippen molar-refractivity contribution in [2.45, 2.75) is 32.7 Å². The fraction of sp³-hybridized carbons (Fsp3) is 0.500. The monoisotopic (exact) mass is 286 g/mol. The normalized spacial score (nSPS) is 11.3. The van der Waals surface area contributed by atoms with Crippen LogP contribution in [0.5, 0.6) is 5.75 Å². The van der Waals surface area contributed by atoms with Gasteiger partial charge in [0, 0.05) is 0 Å². The zero-order chi connectivity index (χ0) is 13.4. The molecule has 0 aliphatic heterocycles. The Kier molecular flexibility index (Phi) is 9.00. The van der Waals surface area contributed by atoms with E-state index in [-0.39, 0.29) is 18.3 Å². The summed E-state index contributed by atoms with van der Waals surface area (Å²) in [5, 5.41) is 2.77. The van der Waals surface area contributed by atoms with Gasteiger partial charge in [-0.15, -0.1) is 12.4 Å². The molecule has 1 aromatic carbocycles. The summed E-state index contributed by atoms with van der Waals surface area (Å²) < 4.78 is 5.57. The molecule has 1 unspecified atom stereocenters. The highest BCUT2D eigenvalue weighted by molar-refractivity contribution is 5.85. The lowest BCUT2D eigenvalue weighted by atomic mass is 10.2. The molecule has 0 aromatic heterocycles. The largest absolute Gasteiger partial charge is 0.491 e. The Morgan fingerprint density at radius 2 is 2.11 bits per heavy atom. The van der Waals surface area contributed by atoms with Crippen molar-refractivity contribution in [1.82, 2.24) is 5.32 Å². The van der Waals surface area contributed by atoms with Crippen molar-refractivity contribution in [3.05, 3.63) is 29.8 Å². The summed E-state index contributed by atoms with van der Waals surface area (Å²) in [6.07, 6.45) is 1.62. The molecule has 0 saturated carbocycles. The van der Waals surface area contributed by atoms with Gasteiger partial charge in [-0.05, 0) is 25.0 Å². The van der Waals surface area contributed by atoms with E-state index in [0.717, 1.165) is 17.7 Å². The van der Waals surface area contributed by atoms with Gasteiger partial charge in [0.2, 0.25) is 5.91 Å². The number of nitrogens with two attached hydrogens (primary N) is 1. The summed E-state index contributed by atoms with van der Waals surface area (Å²) in [6, 6.07) is 7.39. The van der Waals surface area contributed by atoms with Gasteiger partial charge in [0.25, 0.3) is 0 Å². The van der Waals surface area contributed by atoms with E-state index in [1.807, 2.05) is 38.1 Å². The summed E-state index contributed by atoms with van der Waals surface area (Å²) in [5.74, 6) is 0.745. The van der Waals surface area contributed by atoms with Gasteiger partial charge in [-0.3, -0.25) is 4.79 Å². The average Bonchev–Trinajstić information content (AvgIpc) is 2.36. The molecule has 0 aliphatic rings. The van der Waals surface area contributed by atoms with Crippen LogP contribution in [0.1, 0.15) is 25.3 Å². The molecule has 19 heavy (non-hydrogen) atoms. The van der Waals surface area contributed by atoms with Crippen molar-refractivity contribution < 1.29 is 9.53 Å². The summed E-state index contributed by atoms with van der Waals surface area (Å²) in [4.78, 5) is 11.5. The minimum absolute atomic E-state index is 0. The Balaban J connectivity index is 0.00000324. The second kappa shape index (κ2) is 9.64. The molecular formula is C14H23ClN2O2. The number of hydrogen-bond acceptors (Lipinski definition) is 3. The smallest absolute Gasteiger partial charge is 0.237 e. The molecule has 0 aliphatic carbocycles. The predicted octanol–water partition coefficient (Wildman–Crippen LogP) is 2.04. The molecule has 1 aromatic rings. The SMILES string of the molecule is CCCC(N)C(=O)NCCOc1ccccc1C.Cl.